The number of ether oxygens (including phenoxy) is 2. The minimum Gasteiger partial charge on any atom is -0.508 e. The Balaban J connectivity index is 1.23. The summed E-state index contributed by atoms with van der Waals surface area (Å²) in [6.07, 6.45) is 0. The topological polar surface area (TPSA) is 200 Å². The van der Waals surface area contributed by atoms with Crippen LogP contribution in [-0.4, -0.2) is 40.6 Å². The zero-order valence-corrected chi connectivity index (χ0v) is 25.6. The Hall–Kier alpha value is -5.38. The second-order valence-corrected chi connectivity index (χ2v) is 11.1. The van der Waals surface area contributed by atoms with Crippen LogP contribution in [0, 0.1) is 5.41 Å². The van der Waals surface area contributed by atoms with Crippen molar-refractivity contribution in [3.8, 4) is 23.0 Å². The van der Waals surface area contributed by atoms with Gasteiger partial charge in [0, 0.05) is 11.1 Å². The summed E-state index contributed by atoms with van der Waals surface area (Å²) < 4.78 is 11.9. The van der Waals surface area contributed by atoms with Gasteiger partial charge in [-0.05, 0) is 90.0 Å². The fourth-order valence-corrected chi connectivity index (χ4v) is 4.21. The molecule has 0 aliphatic rings. The number of aromatic hydroxyl groups is 1. The molecule has 1 amide bonds. The largest absolute Gasteiger partial charge is 0.508 e. The number of carboxylic acids is 1. The monoisotopic (exact) mass is 649 g/mol. The number of phenolic OH excluding ortho intramolecular Hbond substituents is 1. The molecule has 0 atom stereocenters. The number of hydrogen-bond acceptors (Lipinski definition) is 12. The van der Waals surface area contributed by atoms with Crippen LogP contribution in [0.2, 0.25) is 0 Å². The number of hydrogen-bond donors (Lipinski definition) is 6. The maximum Gasteiger partial charge on any atom is 0.336 e. The first-order valence-electron chi connectivity index (χ1n) is 14.2. The van der Waals surface area contributed by atoms with Crippen LogP contribution in [0.4, 0.5) is 11.4 Å². The van der Waals surface area contributed by atoms with E-state index in [0.717, 1.165) is 0 Å². The first-order chi connectivity index (χ1) is 22.6. The van der Waals surface area contributed by atoms with Gasteiger partial charge in [-0.2, -0.15) is 5.90 Å². The highest BCUT2D eigenvalue weighted by atomic mass is 17.3. The van der Waals surface area contributed by atoms with Gasteiger partial charge in [0.25, 0.3) is 5.91 Å². The van der Waals surface area contributed by atoms with E-state index in [1.807, 2.05) is 13.8 Å². The molecule has 0 aromatic heterocycles. The lowest BCUT2D eigenvalue weighted by Gasteiger charge is -2.25. The van der Waals surface area contributed by atoms with E-state index < -0.39 is 11.9 Å². The molecule has 4 aromatic rings. The highest BCUT2D eigenvalue weighted by Gasteiger charge is 2.21. The number of benzene rings is 4. The van der Waals surface area contributed by atoms with Crippen LogP contribution in [-0.2, 0) is 27.9 Å². The molecular formula is C33H35N3O11. The molecule has 0 heterocycles. The molecule has 0 fully saturated rings. The van der Waals surface area contributed by atoms with Gasteiger partial charge in [-0.1, -0.05) is 24.9 Å². The molecule has 0 aliphatic heterocycles. The molecule has 0 aliphatic carbocycles. The van der Waals surface area contributed by atoms with Crippen LogP contribution in [0.15, 0.2) is 84.9 Å². The predicted molar refractivity (Wildman–Crippen MR) is 169 cm³/mol. The maximum atomic E-state index is 12.8. The lowest BCUT2D eigenvalue weighted by molar-refractivity contribution is -0.253. The molecule has 4 aromatic carbocycles. The van der Waals surface area contributed by atoms with Crippen molar-refractivity contribution < 1.29 is 54.1 Å². The number of carboxylic acid groups (broad SMARTS) is 1. The Morgan fingerprint density at radius 1 is 0.766 bits per heavy atom. The molecule has 0 spiro atoms. The highest BCUT2D eigenvalue weighted by Crippen LogP contribution is 2.25. The van der Waals surface area contributed by atoms with Crippen molar-refractivity contribution in [2.24, 2.45) is 11.3 Å². The second-order valence-electron chi connectivity index (χ2n) is 11.1. The molecule has 47 heavy (non-hydrogen) atoms. The minimum absolute atomic E-state index is 0.0311. The third-order valence-corrected chi connectivity index (χ3v) is 6.66. The van der Waals surface area contributed by atoms with E-state index >= 15 is 0 Å². The van der Waals surface area contributed by atoms with Gasteiger partial charge in [0.15, 0.2) is 5.75 Å². The van der Waals surface area contributed by atoms with E-state index in [9.17, 15) is 19.8 Å². The van der Waals surface area contributed by atoms with Crippen molar-refractivity contribution in [3.05, 3.63) is 107 Å². The van der Waals surface area contributed by atoms with E-state index in [2.05, 4.69) is 20.7 Å². The van der Waals surface area contributed by atoms with Crippen molar-refractivity contribution in [3.63, 3.8) is 0 Å². The Kier molecular flexibility index (Phi) is 11.9. The van der Waals surface area contributed by atoms with Gasteiger partial charge < -0.3 is 29.9 Å². The van der Waals surface area contributed by atoms with Gasteiger partial charge in [0.05, 0.1) is 30.0 Å². The molecule has 0 bridgehead atoms. The summed E-state index contributed by atoms with van der Waals surface area (Å²) in [6.45, 7) is 4.79. The number of aromatic carboxylic acids is 1. The van der Waals surface area contributed by atoms with E-state index in [4.69, 9.17) is 30.4 Å². The van der Waals surface area contributed by atoms with Gasteiger partial charge in [-0.3, -0.25) is 20.4 Å². The summed E-state index contributed by atoms with van der Waals surface area (Å²) in [5.74, 6) is 4.30. The zero-order chi connectivity index (χ0) is 33.8. The third-order valence-electron chi connectivity index (χ3n) is 6.66. The quantitative estimate of drug-likeness (QED) is 0.0615. The van der Waals surface area contributed by atoms with E-state index in [-0.39, 0.29) is 41.3 Å². The molecule has 7 N–H and O–H groups in total. The minimum atomic E-state index is -1.28. The number of amides is 1. The third kappa shape index (κ3) is 10.3. The fraction of sp³-hybridized carbons (Fsp3) is 0.212. The Morgan fingerprint density at radius 2 is 1.38 bits per heavy atom. The van der Waals surface area contributed by atoms with Gasteiger partial charge >= 0.3 is 5.97 Å². The molecule has 0 saturated carbocycles. The van der Waals surface area contributed by atoms with Gasteiger partial charge in [0.1, 0.15) is 30.5 Å². The molecule has 14 heteroatoms. The van der Waals surface area contributed by atoms with Crippen LogP contribution in [0.1, 0.15) is 45.7 Å². The van der Waals surface area contributed by atoms with Crippen molar-refractivity contribution in [1.29, 1.82) is 0 Å². The van der Waals surface area contributed by atoms with E-state index in [1.54, 1.807) is 54.6 Å². The number of phenols is 1. The number of anilines is 2. The van der Waals surface area contributed by atoms with Crippen molar-refractivity contribution >= 4 is 23.3 Å². The number of carbonyl (C=O) groups excluding carboxylic acids is 1. The average Bonchev–Trinajstić information content (AvgIpc) is 3.05. The smallest absolute Gasteiger partial charge is 0.336 e. The van der Waals surface area contributed by atoms with Gasteiger partial charge in [-0.15, -0.1) is 0 Å². The van der Waals surface area contributed by atoms with Crippen molar-refractivity contribution in [1.82, 2.24) is 0 Å². The van der Waals surface area contributed by atoms with Crippen LogP contribution in [0.25, 0.3) is 0 Å². The molecule has 4 rings (SSSR count). The lowest BCUT2D eigenvalue weighted by Crippen LogP contribution is -2.28. The van der Waals surface area contributed by atoms with E-state index in [0.29, 0.717) is 47.2 Å². The maximum absolute atomic E-state index is 12.8. The number of nitrogens with one attached hydrogen (secondary N) is 2. The normalized spacial score (nSPS) is 11.1. The first-order valence-corrected chi connectivity index (χ1v) is 14.2. The van der Waals surface area contributed by atoms with Gasteiger partial charge in [-0.25, -0.2) is 9.68 Å². The summed E-state index contributed by atoms with van der Waals surface area (Å²) in [5.41, 5.74) is 4.56. The predicted octanol–water partition coefficient (Wildman–Crippen LogP) is 5.54. The zero-order valence-electron chi connectivity index (χ0n) is 25.6. The molecule has 0 unspecified atom stereocenters. The molecule has 14 nitrogen and oxygen atoms in total. The van der Waals surface area contributed by atoms with Crippen LogP contribution < -0.4 is 31.1 Å². The molecule has 248 valence electrons. The summed E-state index contributed by atoms with van der Waals surface area (Å²) in [7, 11) is 0. The second kappa shape index (κ2) is 16.3. The summed E-state index contributed by atoms with van der Waals surface area (Å²) in [4.78, 5) is 42.9. The molecule has 0 saturated heterocycles. The highest BCUT2D eigenvalue weighted by molar-refractivity contribution is 6.11. The van der Waals surface area contributed by atoms with E-state index in [1.165, 1.54) is 30.3 Å². The number of nitrogens with two attached hydrogens (primary N) is 1. The Bertz CT molecular complexity index is 1650. The van der Waals surface area contributed by atoms with Crippen LogP contribution >= 0.6 is 0 Å². The summed E-state index contributed by atoms with van der Waals surface area (Å²) in [6, 6.07) is 22.2. The number of carbonyl (C=O) groups is 2. The van der Waals surface area contributed by atoms with Crippen LogP contribution in [0.5, 0.6) is 23.0 Å². The molecule has 0 radical (unpaired) electrons. The Labute approximate surface area is 269 Å². The standard InChI is InChI=1S/C33H35N3O11/c1-33(2,20-43-27-11-6-24(7-12-27)36-44-17-22-15-25(37)8-3-21(22)18-45-41)19-42-26-9-4-23(5-10-26)35-31(38)30-16-28(46-47-34)13-14-29(30)32(39)40/h3-16,36-37,41H,17-20,34H2,1-2H3,(H,35,38)(H,39,40). The summed E-state index contributed by atoms with van der Waals surface area (Å²) >= 11 is 0. The Morgan fingerprint density at radius 3 is 1.98 bits per heavy atom. The SMILES string of the molecule is CC(C)(COc1ccc(NOCc2cc(O)ccc2COO)cc1)COc1ccc(NC(=O)c2cc(OON)ccc2C(=O)O)cc1. The summed E-state index contributed by atoms with van der Waals surface area (Å²) in [5, 5.41) is 30.6. The van der Waals surface area contributed by atoms with Crippen molar-refractivity contribution in [2.75, 3.05) is 24.0 Å². The lowest BCUT2D eigenvalue weighted by atomic mass is 9.96. The molecular weight excluding hydrogens is 614 g/mol. The van der Waals surface area contributed by atoms with Gasteiger partial charge in [0.2, 0.25) is 0 Å². The van der Waals surface area contributed by atoms with Crippen LogP contribution in [0.3, 0.4) is 0 Å². The first kappa shape index (κ1) is 34.5. The fourth-order valence-electron chi connectivity index (χ4n) is 4.21. The average molecular weight is 650 g/mol. The van der Waals surface area contributed by atoms with Crippen molar-refractivity contribution in [2.45, 2.75) is 27.1 Å². The number of rotatable bonds is 17.